The van der Waals surface area contributed by atoms with E-state index in [0.29, 0.717) is 44.1 Å². The Morgan fingerprint density at radius 3 is 2.31 bits per heavy atom. The summed E-state index contributed by atoms with van der Waals surface area (Å²) >= 11 is 1.25. The van der Waals surface area contributed by atoms with Crippen LogP contribution in [0.2, 0.25) is 0 Å². The lowest BCUT2D eigenvalue weighted by Crippen LogP contribution is -2.70. The van der Waals surface area contributed by atoms with Gasteiger partial charge in [0.1, 0.15) is 10.7 Å². The molecule has 0 aliphatic rings. The van der Waals surface area contributed by atoms with Gasteiger partial charge in [0.2, 0.25) is 0 Å². The zero-order valence-corrected chi connectivity index (χ0v) is 17.1. The molecule has 0 radical (unpaired) electrons. The molecule has 5 nitrogen and oxygen atoms in total. The van der Waals surface area contributed by atoms with E-state index in [2.05, 4.69) is 4.98 Å². The molecule has 3 aromatic carbocycles. The van der Waals surface area contributed by atoms with Crippen LogP contribution in [0.1, 0.15) is 15.9 Å². The van der Waals surface area contributed by atoms with E-state index in [4.69, 9.17) is 0 Å². The summed E-state index contributed by atoms with van der Waals surface area (Å²) in [4.78, 5) is 16.4. The Hall–Kier alpha value is -3.53. The predicted octanol–water partition coefficient (Wildman–Crippen LogP) is 5.55. The Morgan fingerprint density at radius 1 is 0.969 bits per heavy atom. The second kappa shape index (κ2) is 8.54. The molecule has 0 atom stereocenters. The highest BCUT2D eigenvalue weighted by atomic mass is 32.1. The highest BCUT2D eigenvalue weighted by Crippen LogP contribution is 2.35. The summed E-state index contributed by atoms with van der Waals surface area (Å²) in [6, 6.07) is 16.2. The van der Waals surface area contributed by atoms with Gasteiger partial charge >= 0.3 is 12.1 Å². The van der Waals surface area contributed by atoms with Crippen molar-refractivity contribution in [1.29, 1.82) is 0 Å². The Morgan fingerprint density at radius 2 is 1.66 bits per heavy atom. The van der Waals surface area contributed by atoms with Crippen LogP contribution in [0.15, 0.2) is 72.1 Å². The number of nitrogens with zero attached hydrogens (tertiary/aromatic N) is 1. The monoisotopic (exact) mass is 456 g/mol. The number of nitrogens with two attached hydrogens (primary N) is 1. The van der Waals surface area contributed by atoms with Crippen molar-refractivity contribution in [2.24, 2.45) is 0 Å². The fraction of sp³-hybridized carbons (Fsp3) is 0.0435. The smallest absolute Gasteiger partial charge is 0.416 e. The van der Waals surface area contributed by atoms with Crippen molar-refractivity contribution < 1.29 is 28.6 Å². The summed E-state index contributed by atoms with van der Waals surface area (Å²) in [5.41, 5.74) is 2.81. The molecule has 162 valence electrons. The molecular formula is C23H15F3N2O3S. The fourth-order valence-electron chi connectivity index (χ4n) is 3.30. The fourth-order valence-corrected chi connectivity index (χ4v) is 4.13. The zero-order chi connectivity index (χ0) is 22.9. The minimum atomic E-state index is -4.41. The van der Waals surface area contributed by atoms with E-state index in [-0.39, 0.29) is 5.56 Å². The first-order valence-corrected chi connectivity index (χ1v) is 10.2. The first kappa shape index (κ1) is 21.7. The molecule has 3 N–H and O–H groups in total. The number of thiazole rings is 1. The van der Waals surface area contributed by atoms with Gasteiger partial charge in [-0.05, 0) is 30.3 Å². The molecule has 4 aromatic rings. The molecule has 0 spiro atoms. The average Bonchev–Trinajstić information content (AvgIpc) is 3.28. The number of hydrogen-bond acceptors (Lipinski definition) is 4. The Bertz CT molecular complexity index is 1280. The molecule has 9 heteroatoms. The number of halogens is 3. The van der Waals surface area contributed by atoms with Crippen molar-refractivity contribution >= 4 is 23.0 Å². The SMILES string of the molecule is O=C(O)c1cc(-c2nc(-c3ccc(C(F)(F)F)cc3)cs2)ccc1-c1ccccc1[NH2+][O-]. The van der Waals surface area contributed by atoms with Crippen LogP contribution >= 0.6 is 11.3 Å². The molecule has 0 fully saturated rings. The first-order valence-electron chi connectivity index (χ1n) is 9.33. The molecule has 1 heterocycles. The van der Waals surface area contributed by atoms with E-state index >= 15 is 0 Å². The molecule has 0 saturated carbocycles. The van der Waals surface area contributed by atoms with Crippen LogP contribution in [0.5, 0.6) is 0 Å². The van der Waals surface area contributed by atoms with Gasteiger partial charge in [0.05, 0.1) is 16.8 Å². The molecular weight excluding hydrogens is 441 g/mol. The third kappa shape index (κ3) is 4.26. The lowest BCUT2D eigenvalue weighted by molar-refractivity contribution is -0.496. The molecule has 0 bridgehead atoms. The lowest BCUT2D eigenvalue weighted by Gasteiger charge is -2.12. The van der Waals surface area contributed by atoms with E-state index in [1.54, 1.807) is 41.8 Å². The predicted molar refractivity (Wildman–Crippen MR) is 115 cm³/mol. The number of hydrogen-bond donors (Lipinski definition) is 2. The van der Waals surface area contributed by atoms with Crippen molar-refractivity contribution in [2.45, 2.75) is 6.18 Å². The van der Waals surface area contributed by atoms with E-state index < -0.39 is 17.7 Å². The van der Waals surface area contributed by atoms with Crippen LogP contribution in [0.3, 0.4) is 0 Å². The normalized spacial score (nSPS) is 11.5. The summed E-state index contributed by atoms with van der Waals surface area (Å²) in [6.07, 6.45) is -4.41. The van der Waals surface area contributed by atoms with Crippen LogP contribution in [0.4, 0.5) is 18.9 Å². The molecule has 0 saturated heterocycles. The van der Waals surface area contributed by atoms with Crippen molar-refractivity contribution in [3.8, 4) is 33.0 Å². The maximum atomic E-state index is 12.8. The van der Waals surface area contributed by atoms with Crippen molar-refractivity contribution in [1.82, 2.24) is 4.98 Å². The van der Waals surface area contributed by atoms with Crippen molar-refractivity contribution in [2.75, 3.05) is 0 Å². The third-order valence-corrected chi connectivity index (χ3v) is 5.78. The summed E-state index contributed by atoms with van der Waals surface area (Å²) in [5.74, 6) is -1.15. The Balaban J connectivity index is 1.70. The van der Waals surface area contributed by atoms with E-state index in [1.165, 1.54) is 29.5 Å². The van der Waals surface area contributed by atoms with Crippen molar-refractivity contribution in [3.63, 3.8) is 0 Å². The number of carbonyl (C=O) groups is 1. The molecule has 32 heavy (non-hydrogen) atoms. The number of carboxylic acids is 1. The van der Waals surface area contributed by atoms with E-state index in [9.17, 15) is 28.3 Å². The van der Waals surface area contributed by atoms with E-state index in [1.807, 2.05) is 0 Å². The number of rotatable bonds is 5. The largest absolute Gasteiger partial charge is 0.630 e. The Kier molecular flexibility index (Phi) is 5.79. The lowest BCUT2D eigenvalue weighted by atomic mass is 9.96. The topological polar surface area (TPSA) is 89.9 Å². The van der Waals surface area contributed by atoms with Gasteiger partial charge in [0, 0.05) is 27.6 Å². The summed E-state index contributed by atoms with van der Waals surface area (Å²) < 4.78 is 38.3. The molecule has 0 aliphatic heterocycles. The van der Waals surface area contributed by atoms with Gasteiger partial charge in [-0.15, -0.1) is 11.3 Å². The molecule has 4 rings (SSSR count). The summed E-state index contributed by atoms with van der Waals surface area (Å²) in [6.45, 7) is 0. The van der Waals surface area contributed by atoms with Crippen LogP contribution in [-0.4, -0.2) is 16.1 Å². The van der Waals surface area contributed by atoms with Crippen molar-refractivity contribution in [3.05, 3.63) is 88.4 Å². The Labute approximate surface area is 184 Å². The molecule has 0 unspecified atom stereocenters. The van der Waals surface area contributed by atoms with Gasteiger partial charge < -0.3 is 15.8 Å². The average molecular weight is 456 g/mol. The second-order valence-corrected chi connectivity index (χ2v) is 7.74. The standard InChI is InChI=1S/C23H15F3N2O3S/c24-23(25,26)15-8-5-13(6-9-15)20-12-32-21(27-20)14-7-10-16(18(11-14)22(29)30)17-3-1-2-4-19(17)28-31/h1-12H,28H2,(H,29,30). The number of aromatic carboxylic acids is 1. The summed E-state index contributed by atoms with van der Waals surface area (Å²) in [7, 11) is 0. The number of aromatic nitrogens is 1. The van der Waals surface area contributed by atoms with Gasteiger partial charge in [-0.2, -0.15) is 13.2 Å². The highest BCUT2D eigenvalue weighted by molar-refractivity contribution is 7.13. The number of benzene rings is 3. The quantitative estimate of drug-likeness (QED) is 0.304. The maximum Gasteiger partial charge on any atom is 0.416 e. The summed E-state index contributed by atoms with van der Waals surface area (Å²) in [5, 5.41) is 23.3. The van der Waals surface area contributed by atoms with Crippen LogP contribution < -0.4 is 5.48 Å². The van der Waals surface area contributed by atoms with Crippen LogP contribution in [0, 0.1) is 5.21 Å². The highest BCUT2D eigenvalue weighted by Gasteiger charge is 2.30. The molecule has 0 aliphatic carbocycles. The number of carboxylic acid groups (broad SMARTS) is 1. The van der Waals surface area contributed by atoms with E-state index in [0.717, 1.165) is 12.1 Å². The van der Waals surface area contributed by atoms with Crippen LogP contribution in [0.25, 0.3) is 33.0 Å². The number of quaternary nitrogens is 1. The maximum absolute atomic E-state index is 12.8. The minimum Gasteiger partial charge on any atom is -0.630 e. The van der Waals surface area contributed by atoms with Crippen LogP contribution in [-0.2, 0) is 6.18 Å². The number of alkyl halides is 3. The first-order chi connectivity index (χ1) is 15.3. The van der Waals surface area contributed by atoms with Gasteiger partial charge in [-0.3, -0.25) is 0 Å². The van der Waals surface area contributed by atoms with Gasteiger partial charge in [-0.25, -0.2) is 9.78 Å². The third-order valence-electron chi connectivity index (χ3n) is 4.89. The van der Waals surface area contributed by atoms with Gasteiger partial charge in [0.25, 0.3) is 0 Å². The zero-order valence-electron chi connectivity index (χ0n) is 16.3. The molecule has 0 amide bonds. The van der Waals surface area contributed by atoms with Gasteiger partial charge in [0.15, 0.2) is 0 Å². The molecule has 1 aromatic heterocycles. The minimum absolute atomic E-state index is 0.0167. The van der Waals surface area contributed by atoms with Gasteiger partial charge in [-0.1, -0.05) is 36.4 Å². The second-order valence-electron chi connectivity index (χ2n) is 6.88.